The summed E-state index contributed by atoms with van der Waals surface area (Å²) in [6.07, 6.45) is 2.57. The molecule has 0 bridgehead atoms. The Morgan fingerprint density at radius 2 is 2.25 bits per heavy atom. The van der Waals surface area contributed by atoms with Gasteiger partial charge in [-0.3, -0.25) is 4.79 Å². The first-order valence-electron chi connectivity index (χ1n) is 5.63. The Kier molecular flexibility index (Phi) is 3.06. The molecule has 1 aliphatic rings. The smallest absolute Gasteiger partial charge is 0.164 e. The van der Waals surface area contributed by atoms with Gasteiger partial charge in [-0.2, -0.15) is 0 Å². The zero-order valence-corrected chi connectivity index (χ0v) is 9.37. The lowest BCUT2D eigenvalue weighted by Gasteiger charge is -2.10. The van der Waals surface area contributed by atoms with Crippen LogP contribution in [0.15, 0.2) is 18.2 Å². The van der Waals surface area contributed by atoms with Gasteiger partial charge in [0.15, 0.2) is 5.78 Å². The van der Waals surface area contributed by atoms with E-state index < -0.39 is 0 Å². The lowest BCUT2D eigenvalue weighted by molar-refractivity contribution is 0.0970. The van der Waals surface area contributed by atoms with Crippen LogP contribution in [0.1, 0.15) is 35.2 Å². The number of carbonyl (C=O) groups excluding carboxylic acids is 1. The molecule has 16 heavy (non-hydrogen) atoms. The summed E-state index contributed by atoms with van der Waals surface area (Å²) >= 11 is 0. The van der Waals surface area contributed by atoms with Crippen LogP contribution in [0.2, 0.25) is 0 Å². The highest BCUT2D eigenvalue weighted by atomic mass is 19.1. The van der Waals surface area contributed by atoms with Crippen LogP contribution in [0.25, 0.3) is 0 Å². The van der Waals surface area contributed by atoms with Crippen molar-refractivity contribution in [2.24, 2.45) is 11.7 Å². The quantitative estimate of drug-likeness (QED) is 0.793. The molecule has 0 heterocycles. The average Bonchev–Trinajstić information content (AvgIpc) is 3.04. The van der Waals surface area contributed by atoms with Crippen LogP contribution in [-0.4, -0.2) is 11.8 Å². The van der Waals surface area contributed by atoms with Gasteiger partial charge in [-0.1, -0.05) is 6.07 Å². The highest BCUT2D eigenvalue weighted by Gasteiger charge is 2.30. The summed E-state index contributed by atoms with van der Waals surface area (Å²) in [6, 6.07) is 4.24. The molecule has 86 valence electrons. The number of nitrogens with two attached hydrogens (primary N) is 1. The highest BCUT2D eigenvalue weighted by molar-refractivity contribution is 5.97. The van der Waals surface area contributed by atoms with Crippen LogP contribution in [0, 0.1) is 18.7 Å². The molecule has 1 saturated carbocycles. The molecular formula is C13H16FNO. The maximum Gasteiger partial charge on any atom is 0.164 e. The van der Waals surface area contributed by atoms with E-state index in [0.29, 0.717) is 17.9 Å². The van der Waals surface area contributed by atoms with E-state index in [1.54, 1.807) is 6.07 Å². The van der Waals surface area contributed by atoms with Crippen LogP contribution in [0.3, 0.4) is 0 Å². The van der Waals surface area contributed by atoms with Crippen molar-refractivity contribution in [1.29, 1.82) is 0 Å². The summed E-state index contributed by atoms with van der Waals surface area (Å²) in [6.45, 7) is 1.81. The fraction of sp³-hybridized carbons (Fsp3) is 0.462. The number of aryl methyl sites for hydroxylation is 1. The number of hydrogen-bond donors (Lipinski definition) is 1. The lowest BCUT2D eigenvalue weighted by atomic mass is 9.98. The van der Waals surface area contributed by atoms with Crippen molar-refractivity contribution in [2.75, 3.05) is 0 Å². The van der Waals surface area contributed by atoms with Crippen LogP contribution in [-0.2, 0) is 0 Å². The molecule has 2 N–H and O–H groups in total. The third-order valence-electron chi connectivity index (χ3n) is 3.15. The third kappa shape index (κ3) is 2.47. The minimum absolute atomic E-state index is 0.0450. The molecule has 0 saturated heterocycles. The predicted molar refractivity (Wildman–Crippen MR) is 60.8 cm³/mol. The van der Waals surface area contributed by atoms with Gasteiger partial charge in [-0.15, -0.1) is 0 Å². The Hall–Kier alpha value is -1.22. The molecule has 1 fully saturated rings. The van der Waals surface area contributed by atoms with E-state index >= 15 is 0 Å². The normalized spacial score (nSPS) is 17.2. The molecule has 1 aromatic carbocycles. The van der Waals surface area contributed by atoms with Crippen molar-refractivity contribution < 1.29 is 9.18 Å². The summed E-state index contributed by atoms with van der Waals surface area (Å²) in [7, 11) is 0. The van der Waals surface area contributed by atoms with Crippen molar-refractivity contribution in [3.05, 3.63) is 35.1 Å². The standard InChI is InChI=1S/C13H16FNO/c1-8-2-5-10(14)6-11(8)13(16)7-12(15)9-3-4-9/h2,5-6,9,12H,3-4,7,15H2,1H3. The zero-order chi connectivity index (χ0) is 11.7. The number of rotatable bonds is 4. The minimum Gasteiger partial charge on any atom is -0.327 e. The van der Waals surface area contributed by atoms with E-state index in [0.717, 1.165) is 18.4 Å². The van der Waals surface area contributed by atoms with Crippen molar-refractivity contribution >= 4 is 5.78 Å². The number of ketones is 1. The second-order valence-corrected chi connectivity index (χ2v) is 4.59. The van der Waals surface area contributed by atoms with E-state index in [2.05, 4.69) is 0 Å². The van der Waals surface area contributed by atoms with Crippen molar-refractivity contribution in [2.45, 2.75) is 32.2 Å². The molecule has 0 aliphatic heterocycles. The Labute approximate surface area is 94.6 Å². The van der Waals surface area contributed by atoms with Gasteiger partial charge in [0, 0.05) is 18.0 Å². The van der Waals surface area contributed by atoms with Gasteiger partial charge < -0.3 is 5.73 Å². The number of carbonyl (C=O) groups is 1. The first kappa shape index (κ1) is 11.3. The molecule has 1 aliphatic carbocycles. The van der Waals surface area contributed by atoms with Gasteiger partial charge in [-0.05, 0) is 43.4 Å². The Bertz CT molecular complexity index is 412. The van der Waals surface area contributed by atoms with Crippen LogP contribution in [0.4, 0.5) is 4.39 Å². The maximum absolute atomic E-state index is 13.0. The van der Waals surface area contributed by atoms with E-state index in [1.807, 2.05) is 6.92 Å². The molecular weight excluding hydrogens is 205 g/mol. The lowest BCUT2D eigenvalue weighted by Crippen LogP contribution is -2.26. The average molecular weight is 221 g/mol. The van der Waals surface area contributed by atoms with E-state index in [4.69, 9.17) is 5.73 Å². The Morgan fingerprint density at radius 1 is 1.56 bits per heavy atom. The van der Waals surface area contributed by atoms with Gasteiger partial charge in [0.25, 0.3) is 0 Å². The fourth-order valence-corrected chi connectivity index (χ4v) is 1.91. The number of hydrogen-bond acceptors (Lipinski definition) is 2. The highest BCUT2D eigenvalue weighted by Crippen LogP contribution is 2.33. The number of Topliss-reactive ketones (excluding diaryl/α,β-unsaturated/α-hetero) is 1. The summed E-state index contributed by atoms with van der Waals surface area (Å²) in [5, 5.41) is 0. The molecule has 0 amide bonds. The molecule has 1 atom stereocenters. The summed E-state index contributed by atoms with van der Waals surface area (Å²) in [5.74, 6) is 0.0863. The summed E-state index contributed by atoms with van der Waals surface area (Å²) in [5.41, 5.74) is 7.17. The third-order valence-corrected chi connectivity index (χ3v) is 3.15. The van der Waals surface area contributed by atoms with Crippen LogP contribution in [0.5, 0.6) is 0 Å². The van der Waals surface area contributed by atoms with Gasteiger partial charge >= 0.3 is 0 Å². The van der Waals surface area contributed by atoms with E-state index in [9.17, 15) is 9.18 Å². The molecule has 2 nitrogen and oxygen atoms in total. The van der Waals surface area contributed by atoms with Gasteiger partial charge in [0.2, 0.25) is 0 Å². The molecule has 0 aromatic heterocycles. The predicted octanol–water partition coefficient (Wildman–Crippen LogP) is 2.44. The monoisotopic (exact) mass is 221 g/mol. The largest absolute Gasteiger partial charge is 0.327 e. The second kappa shape index (κ2) is 4.34. The maximum atomic E-state index is 13.0. The topological polar surface area (TPSA) is 43.1 Å². The molecule has 1 aromatic rings. The number of halogens is 1. The Morgan fingerprint density at radius 3 is 2.88 bits per heavy atom. The van der Waals surface area contributed by atoms with Crippen molar-refractivity contribution in [1.82, 2.24) is 0 Å². The minimum atomic E-state index is -0.367. The molecule has 0 spiro atoms. The molecule has 2 rings (SSSR count). The van der Waals surface area contributed by atoms with Crippen molar-refractivity contribution in [3.8, 4) is 0 Å². The summed E-state index contributed by atoms with van der Waals surface area (Å²) in [4.78, 5) is 11.9. The van der Waals surface area contributed by atoms with Crippen LogP contribution >= 0.6 is 0 Å². The van der Waals surface area contributed by atoms with Gasteiger partial charge in [0.05, 0.1) is 0 Å². The second-order valence-electron chi connectivity index (χ2n) is 4.59. The molecule has 3 heteroatoms. The molecule has 0 radical (unpaired) electrons. The van der Waals surface area contributed by atoms with Crippen LogP contribution < -0.4 is 5.73 Å². The van der Waals surface area contributed by atoms with E-state index in [-0.39, 0.29) is 17.6 Å². The Balaban J connectivity index is 2.10. The first-order chi connectivity index (χ1) is 7.58. The van der Waals surface area contributed by atoms with E-state index in [1.165, 1.54) is 12.1 Å². The fourth-order valence-electron chi connectivity index (χ4n) is 1.91. The van der Waals surface area contributed by atoms with Crippen molar-refractivity contribution in [3.63, 3.8) is 0 Å². The SMILES string of the molecule is Cc1ccc(F)cc1C(=O)CC(N)C1CC1. The first-order valence-corrected chi connectivity index (χ1v) is 5.63. The van der Waals surface area contributed by atoms with Gasteiger partial charge in [0.1, 0.15) is 5.82 Å². The summed E-state index contributed by atoms with van der Waals surface area (Å²) < 4.78 is 13.0. The zero-order valence-electron chi connectivity index (χ0n) is 9.37. The van der Waals surface area contributed by atoms with Gasteiger partial charge in [-0.25, -0.2) is 4.39 Å². The number of benzene rings is 1. The molecule has 1 unspecified atom stereocenters.